The van der Waals surface area contributed by atoms with Crippen LogP contribution in [0.15, 0.2) is 224 Å². The largest absolute Gasteiger partial charge is 0.310 e. The van der Waals surface area contributed by atoms with Gasteiger partial charge in [0.25, 0.3) is 0 Å². The summed E-state index contributed by atoms with van der Waals surface area (Å²) in [4.78, 5) is 2.44. The van der Waals surface area contributed by atoms with Crippen molar-refractivity contribution in [3.8, 4) is 33.4 Å². The van der Waals surface area contributed by atoms with E-state index in [9.17, 15) is 0 Å². The van der Waals surface area contributed by atoms with E-state index in [4.69, 9.17) is 0 Å². The first-order chi connectivity index (χ1) is 28.3. The molecule has 11 rings (SSSR count). The third-order valence-electron chi connectivity index (χ3n) is 11.8. The van der Waals surface area contributed by atoms with Gasteiger partial charge < -0.3 is 4.90 Å². The highest BCUT2D eigenvalue weighted by Crippen LogP contribution is 2.57. The van der Waals surface area contributed by atoms with Crippen LogP contribution in [0.4, 0.5) is 17.1 Å². The lowest BCUT2D eigenvalue weighted by Gasteiger charge is -2.34. The molecular weight excluding hydrogens is 707 g/mol. The Morgan fingerprint density at radius 1 is 0.351 bits per heavy atom. The number of anilines is 3. The first-order valence-corrected chi connectivity index (χ1v) is 20.4. The molecule has 2 heteroatoms. The van der Waals surface area contributed by atoms with Crippen LogP contribution < -0.4 is 4.90 Å². The van der Waals surface area contributed by atoms with Crippen molar-refractivity contribution in [2.45, 2.75) is 5.41 Å². The van der Waals surface area contributed by atoms with Crippen molar-refractivity contribution in [1.82, 2.24) is 0 Å². The van der Waals surface area contributed by atoms with Crippen LogP contribution in [-0.2, 0) is 5.41 Å². The minimum absolute atomic E-state index is 0.438. The highest BCUT2D eigenvalue weighted by atomic mass is 32.1. The highest BCUT2D eigenvalue weighted by molar-refractivity contribution is 7.26. The Kier molecular flexibility index (Phi) is 7.98. The van der Waals surface area contributed by atoms with Gasteiger partial charge in [0.05, 0.1) is 11.1 Å². The zero-order valence-electron chi connectivity index (χ0n) is 31.2. The van der Waals surface area contributed by atoms with Crippen LogP contribution >= 0.6 is 11.3 Å². The molecule has 1 nitrogen and oxygen atoms in total. The maximum atomic E-state index is 2.48. The number of fused-ring (bicyclic) bond motifs is 6. The summed E-state index contributed by atoms with van der Waals surface area (Å²) < 4.78 is 2.55. The summed E-state index contributed by atoms with van der Waals surface area (Å²) in [6.45, 7) is 0. The Morgan fingerprint density at radius 2 is 0.912 bits per heavy atom. The molecule has 1 heterocycles. The molecule has 268 valence electrons. The number of hydrogen-bond acceptors (Lipinski definition) is 2. The maximum absolute atomic E-state index is 2.48. The number of thiophene rings is 1. The van der Waals surface area contributed by atoms with Crippen molar-refractivity contribution < 1.29 is 0 Å². The molecular formula is C55H37NS. The Morgan fingerprint density at radius 3 is 1.60 bits per heavy atom. The molecule has 0 radical (unpaired) electrons. The normalized spacial score (nSPS) is 12.7. The van der Waals surface area contributed by atoms with Crippen LogP contribution in [-0.4, -0.2) is 0 Å². The highest BCUT2D eigenvalue weighted by Gasteiger charge is 2.46. The molecule has 0 aliphatic heterocycles. The molecule has 1 aliphatic carbocycles. The van der Waals surface area contributed by atoms with E-state index in [2.05, 4.69) is 229 Å². The molecule has 0 spiro atoms. The predicted octanol–water partition coefficient (Wildman–Crippen LogP) is 15.2. The summed E-state index contributed by atoms with van der Waals surface area (Å²) >= 11 is 1.89. The Balaban J connectivity index is 1.12. The van der Waals surface area contributed by atoms with E-state index >= 15 is 0 Å². The molecule has 10 aromatic rings. The fourth-order valence-electron chi connectivity index (χ4n) is 9.25. The van der Waals surface area contributed by atoms with Crippen LogP contribution in [0.3, 0.4) is 0 Å². The van der Waals surface area contributed by atoms with Gasteiger partial charge in [-0.2, -0.15) is 0 Å². The SMILES string of the molecule is c1ccc(-c2ccc(N(c3cccc(-c4ccccc4)c3)c3cccc4sc5cc(C6(c7ccccc7)c7ccccc7-c7ccccc76)ccc5c34)cc2)cc1. The molecule has 0 bridgehead atoms. The first-order valence-electron chi connectivity index (χ1n) is 19.6. The zero-order chi connectivity index (χ0) is 37.8. The van der Waals surface area contributed by atoms with E-state index in [-0.39, 0.29) is 0 Å². The van der Waals surface area contributed by atoms with Crippen LogP contribution in [0.2, 0.25) is 0 Å². The van der Waals surface area contributed by atoms with Gasteiger partial charge in [-0.15, -0.1) is 11.3 Å². The number of hydrogen-bond donors (Lipinski definition) is 0. The van der Waals surface area contributed by atoms with Gasteiger partial charge in [-0.05, 0) is 98.1 Å². The van der Waals surface area contributed by atoms with E-state index in [0.717, 1.165) is 11.4 Å². The summed E-state index contributed by atoms with van der Waals surface area (Å²) in [5.41, 5.74) is 15.6. The van der Waals surface area contributed by atoms with Crippen molar-refractivity contribution in [2.24, 2.45) is 0 Å². The van der Waals surface area contributed by atoms with Crippen molar-refractivity contribution in [3.63, 3.8) is 0 Å². The number of nitrogens with zero attached hydrogens (tertiary/aromatic N) is 1. The fourth-order valence-corrected chi connectivity index (χ4v) is 10.4. The fraction of sp³-hybridized carbons (Fsp3) is 0.0182. The van der Waals surface area contributed by atoms with Crippen molar-refractivity contribution in [2.75, 3.05) is 4.90 Å². The summed E-state index contributed by atoms with van der Waals surface area (Å²) in [6.07, 6.45) is 0. The lowest BCUT2D eigenvalue weighted by Crippen LogP contribution is -2.28. The van der Waals surface area contributed by atoms with Crippen molar-refractivity contribution >= 4 is 48.6 Å². The Bertz CT molecular complexity index is 3010. The molecule has 1 aliphatic rings. The molecule has 0 unspecified atom stereocenters. The minimum Gasteiger partial charge on any atom is -0.310 e. The second-order valence-corrected chi connectivity index (χ2v) is 15.9. The smallest absolute Gasteiger partial charge is 0.0714 e. The van der Waals surface area contributed by atoms with Gasteiger partial charge in [-0.1, -0.05) is 182 Å². The molecule has 0 saturated carbocycles. The summed E-state index contributed by atoms with van der Waals surface area (Å²) in [6, 6.07) is 82.4. The van der Waals surface area contributed by atoms with E-state index in [1.165, 1.54) is 81.5 Å². The average Bonchev–Trinajstić information content (AvgIpc) is 3.82. The lowest BCUT2D eigenvalue weighted by molar-refractivity contribution is 0.770. The van der Waals surface area contributed by atoms with Crippen molar-refractivity contribution in [3.05, 3.63) is 247 Å². The van der Waals surface area contributed by atoms with Gasteiger partial charge >= 0.3 is 0 Å². The molecule has 0 atom stereocenters. The average molecular weight is 744 g/mol. The monoisotopic (exact) mass is 743 g/mol. The summed E-state index contributed by atoms with van der Waals surface area (Å²) in [5.74, 6) is 0. The topological polar surface area (TPSA) is 3.24 Å². The Hall–Kier alpha value is -7.00. The van der Waals surface area contributed by atoms with Crippen LogP contribution in [0.25, 0.3) is 53.6 Å². The summed E-state index contributed by atoms with van der Waals surface area (Å²) in [5, 5.41) is 2.53. The lowest BCUT2D eigenvalue weighted by atomic mass is 9.67. The molecule has 9 aromatic carbocycles. The van der Waals surface area contributed by atoms with E-state index in [0.29, 0.717) is 0 Å². The van der Waals surface area contributed by atoms with Gasteiger partial charge in [0, 0.05) is 31.5 Å². The molecule has 0 saturated heterocycles. The van der Waals surface area contributed by atoms with E-state index in [1.807, 2.05) is 11.3 Å². The Labute approximate surface area is 337 Å². The van der Waals surface area contributed by atoms with Crippen LogP contribution in [0.5, 0.6) is 0 Å². The predicted molar refractivity (Wildman–Crippen MR) is 242 cm³/mol. The molecule has 0 amide bonds. The zero-order valence-corrected chi connectivity index (χ0v) is 32.0. The summed E-state index contributed by atoms with van der Waals surface area (Å²) in [7, 11) is 0. The van der Waals surface area contributed by atoms with Gasteiger partial charge in [-0.3, -0.25) is 0 Å². The van der Waals surface area contributed by atoms with E-state index in [1.54, 1.807) is 0 Å². The molecule has 0 N–H and O–H groups in total. The second kappa shape index (κ2) is 13.6. The van der Waals surface area contributed by atoms with Gasteiger partial charge in [0.15, 0.2) is 0 Å². The van der Waals surface area contributed by atoms with Gasteiger partial charge in [0.1, 0.15) is 0 Å². The quantitative estimate of drug-likeness (QED) is 0.157. The first kappa shape index (κ1) is 33.3. The standard InChI is InChI=1S/C55H37NS/c1-4-16-38(17-5-1)40-30-33-44(34-31-40)56(45-23-14-20-41(36-45)39-18-6-2-7-19-39)51-28-15-29-52-54(51)48-35-32-43(37-53(48)57-52)55(42-21-8-3-9-22-42)49-26-12-10-24-46(49)47-25-11-13-27-50(47)55/h1-37H. The number of benzene rings is 9. The third-order valence-corrected chi connectivity index (χ3v) is 12.9. The van der Waals surface area contributed by atoms with Crippen molar-refractivity contribution in [1.29, 1.82) is 0 Å². The van der Waals surface area contributed by atoms with E-state index < -0.39 is 5.41 Å². The maximum Gasteiger partial charge on any atom is 0.0714 e. The third kappa shape index (κ3) is 5.37. The molecule has 0 fully saturated rings. The second-order valence-electron chi connectivity index (χ2n) is 14.8. The van der Waals surface area contributed by atoms with Crippen LogP contribution in [0, 0.1) is 0 Å². The van der Waals surface area contributed by atoms with Gasteiger partial charge in [-0.25, -0.2) is 0 Å². The number of rotatable bonds is 7. The minimum atomic E-state index is -0.438. The molecule has 1 aromatic heterocycles. The molecule has 57 heavy (non-hydrogen) atoms. The van der Waals surface area contributed by atoms with Crippen LogP contribution in [0.1, 0.15) is 22.3 Å². The van der Waals surface area contributed by atoms with Gasteiger partial charge in [0.2, 0.25) is 0 Å².